The molecular formula is C13H13N. The van der Waals surface area contributed by atoms with Gasteiger partial charge >= 0.3 is 0 Å². The van der Waals surface area contributed by atoms with Gasteiger partial charge in [0.2, 0.25) is 0 Å². The molecule has 1 aromatic carbocycles. The molecule has 14 heavy (non-hydrogen) atoms. The van der Waals surface area contributed by atoms with Crippen LogP contribution in [-0.2, 0) is 6.42 Å². The number of aryl methyl sites for hydroxylation is 1. The molecule has 70 valence electrons. The van der Waals surface area contributed by atoms with Gasteiger partial charge in [-0.25, -0.2) is 0 Å². The summed E-state index contributed by atoms with van der Waals surface area (Å²) in [5.74, 6) is 0. The second-order valence-electron chi connectivity index (χ2n) is 3.83. The fourth-order valence-corrected chi connectivity index (χ4v) is 1.98. The monoisotopic (exact) mass is 183 g/mol. The highest BCUT2D eigenvalue weighted by molar-refractivity contribution is 5.64. The van der Waals surface area contributed by atoms with Crippen molar-refractivity contribution < 1.29 is 0 Å². The minimum Gasteiger partial charge on any atom is -0.192 e. The maximum Gasteiger partial charge on any atom is 0.0998 e. The van der Waals surface area contributed by atoms with Crippen molar-refractivity contribution in [1.29, 1.82) is 5.26 Å². The van der Waals surface area contributed by atoms with E-state index >= 15 is 0 Å². The topological polar surface area (TPSA) is 23.8 Å². The third-order valence-corrected chi connectivity index (χ3v) is 2.72. The van der Waals surface area contributed by atoms with Crippen LogP contribution in [0.4, 0.5) is 0 Å². The van der Waals surface area contributed by atoms with Crippen molar-refractivity contribution in [1.82, 2.24) is 0 Å². The lowest BCUT2D eigenvalue weighted by Gasteiger charge is -2.04. The summed E-state index contributed by atoms with van der Waals surface area (Å²) in [4.78, 5) is 0. The van der Waals surface area contributed by atoms with Crippen LogP contribution in [0.5, 0.6) is 0 Å². The largest absolute Gasteiger partial charge is 0.192 e. The zero-order chi connectivity index (χ0) is 9.97. The molecule has 0 saturated carbocycles. The maximum absolute atomic E-state index is 8.99. The van der Waals surface area contributed by atoms with Crippen molar-refractivity contribution in [2.24, 2.45) is 0 Å². The molecule has 1 nitrogen and oxygen atoms in total. The Kier molecular flexibility index (Phi) is 2.37. The summed E-state index contributed by atoms with van der Waals surface area (Å²) >= 11 is 0. The van der Waals surface area contributed by atoms with E-state index < -0.39 is 0 Å². The van der Waals surface area contributed by atoms with Gasteiger partial charge in [-0.1, -0.05) is 23.8 Å². The molecule has 0 fully saturated rings. The van der Waals surface area contributed by atoms with Crippen LogP contribution in [0.25, 0.3) is 6.08 Å². The molecule has 1 heteroatoms. The van der Waals surface area contributed by atoms with E-state index in [1.807, 2.05) is 12.1 Å². The predicted octanol–water partition coefficient (Wildman–Crippen LogP) is 3.30. The zero-order valence-electron chi connectivity index (χ0n) is 8.38. The van der Waals surface area contributed by atoms with E-state index in [0.717, 1.165) is 24.0 Å². The van der Waals surface area contributed by atoms with Gasteiger partial charge in [0.1, 0.15) is 0 Å². The fourth-order valence-electron chi connectivity index (χ4n) is 1.98. The molecule has 0 saturated heterocycles. The van der Waals surface area contributed by atoms with Gasteiger partial charge in [0, 0.05) is 0 Å². The second-order valence-corrected chi connectivity index (χ2v) is 3.83. The van der Waals surface area contributed by atoms with Gasteiger partial charge in [0.05, 0.1) is 11.6 Å². The Bertz CT molecular complexity index is 421. The van der Waals surface area contributed by atoms with Crippen LogP contribution in [0.2, 0.25) is 0 Å². The van der Waals surface area contributed by atoms with E-state index in [9.17, 15) is 0 Å². The van der Waals surface area contributed by atoms with Crippen LogP contribution in [0.3, 0.4) is 0 Å². The molecule has 0 radical (unpaired) electrons. The molecule has 2 rings (SSSR count). The highest BCUT2D eigenvalue weighted by Gasteiger charge is 2.09. The Morgan fingerprint density at radius 1 is 1.29 bits per heavy atom. The lowest BCUT2D eigenvalue weighted by Crippen LogP contribution is -1.90. The van der Waals surface area contributed by atoms with Crippen LogP contribution in [0, 0.1) is 11.3 Å². The normalized spacial score (nSPS) is 15.0. The smallest absolute Gasteiger partial charge is 0.0998 e. The first kappa shape index (κ1) is 9.02. The Morgan fingerprint density at radius 2 is 2.14 bits per heavy atom. The van der Waals surface area contributed by atoms with E-state index in [-0.39, 0.29) is 0 Å². The summed E-state index contributed by atoms with van der Waals surface area (Å²) in [7, 11) is 0. The van der Waals surface area contributed by atoms with E-state index in [0.29, 0.717) is 0 Å². The molecule has 0 aromatic heterocycles. The van der Waals surface area contributed by atoms with E-state index in [1.54, 1.807) is 0 Å². The lowest BCUT2D eigenvalue weighted by molar-refractivity contribution is 0.824. The Hall–Kier alpha value is -1.55. The molecule has 1 aliphatic carbocycles. The highest BCUT2D eigenvalue weighted by Crippen LogP contribution is 2.25. The van der Waals surface area contributed by atoms with Crippen molar-refractivity contribution in [3.63, 3.8) is 0 Å². The van der Waals surface area contributed by atoms with Crippen LogP contribution in [-0.4, -0.2) is 0 Å². The van der Waals surface area contributed by atoms with Crippen LogP contribution < -0.4 is 0 Å². The first-order valence-electron chi connectivity index (χ1n) is 5.00. The number of benzene rings is 1. The fraction of sp³-hybridized carbons (Fsp3) is 0.308. The van der Waals surface area contributed by atoms with Gasteiger partial charge in [-0.05, 0) is 43.4 Å². The molecule has 0 spiro atoms. The van der Waals surface area contributed by atoms with Crippen LogP contribution in [0.1, 0.15) is 36.5 Å². The van der Waals surface area contributed by atoms with Gasteiger partial charge in [-0.2, -0.15) is 5.26 Å². The number of hydrogen-bond acceptors (Lipinski definition) is 1. The summed E-state index contributed by atoms with van der Waals surface area (Å²) in [5, 5.41) is 8.99. The molecule has 1 aromatic rings. The minimum absolute atomic E-state index is 0.809. The molecule has 0 N–H and O–H groups in total. The van der Waals surface area contributed by atoms with Gasteiger partial charge in [-0.15, -0.1) is 0 Å². The standard InChI is InChI=1S/C13H13N/c1-10-4-2-5-11-6-3-7-12(9-14)13(11)8-10/h3,6-8H,2,4-5H2,1H3. The summed E-state index contributed by atoms with van der Waals surface area (Å²) in [6.45, 7) is 2.14. The molecule has 0 aliphatic heterocycles. The quantitative estimate of drug-likeness (QED) is 0.605. The zero-order valence-corrected chi connectivity index (χ0v) is 8.38. The maximum atomic E-state index is 8.99. The Balaban J connectivity index is 2.61. The van der Waals surface area contributed by atoms with Crippen LogP contribution >= 0.6 is 0 Å². The van der Waals surface area contributed by atoms with Crippen molar-refractivity contribution in [3.05, 3.63) is 40.5 Å². The summed E-state index contributed by atoms with van der Waals surface area (Å²) in [6, 6.07) is 8.26. The van der Waals surface area contributed by atoms with Crippen molar-refractivity contribution in [3.8, 4) is 6.07 Å². The number of nitrogens with zero attached hydrogens (tertiary/aromatic N) is 1. The molecule has 0 bridgehead atoms. The molecule has 0 atom stereocenters. The average molecular weight is 183 g/mol. The van der Waals surface area contributed by atoms with Crippen molar-refractivity contribution in [2.45, 2.75) is 26.2 Å². The number of hydrogen-bond donors (Lipinski definition) is 0. The molecule has 0 heterocycles. The molecular weight excluding hydrogens is 170 g/mol. The second kappa shape index (κ2) is 3.67. The minimum atomic E-state index is 0.809. The Morgan fingerprint density at radius 3 is 2.93 bits per heavy atom. The van der Waals surface area contributed by atoms with Gasteiger partial charge in [0.25, 0.3) is 0 Å². The third-order valence-electron chi connectivity index (χ3n) is 2.72. The van der Waals surface area contributed by atoms with E-state index in [2.05, 4.69) is 25.1 Å². The van der Waals surface area contributed by atoms with Crippen molar-refractivity contribution in [2.75, 3.05) is 0 Å². The first-order chi connectivity index (χ1) is 6.81. The molecule has 1 aliphatic rings. The van der Waals surface area contributed by atoms with E-state index in [4.69, 9.17) is 5.26 Å². The lowest BCUT2D eigenvalue weighted by atomic mass is 9.99. The van der Waals surface area contributed by atoms with Gasteiger partial charge in [-0.3, -0.25) is 0 Å². The predicted molar refractivity (Wildman–Crippen MR) is 57.7 cm³/mol. The molecule has 0 unspecified atom stereocenters. The first-order valence-corrected chi connectivity index (χ1v) is 5.00. The van der Waals surface area contributed by atoms with Crippen molar-refractivity contribution >= 4 is 6.08 Å². The number of nitriles is 1. The SMILES string of the molecule is CC1=Cc2c(C#N)cccc2CCC1. The number of fused-ring (bicyclic) bond motifs is 1. The van der Waals surface area contributed by atoms with Crippen LogP contribution in [0.15, 0.2) is 23.8 Å². The number of rotatable bonds is 0. The number of allylic oxidation sites excluding steroid dienone is 1. The van der Waals surface area contributed by atoms with Gasteiger partial charge < -0.3 is 0 Å². The Labute approximate surface area is 84.7 Å². The third kappa shape index (κ3) is 1.56. The van der Waals surface area contributed by atoms with Gasteiger partial charge in [0.15, 0.2) is 0 Å². The average Bonchev–Trinajstić information content (AvgIpc) is 2.38. The molecule has 0 amide bonds. The van der Waals surface area contributed by atoms with E-state index in [1.165, 1.54) is 17.6 Å². The highest BCUT2D eigenvalue weighted by atomic mass is 14.2. The summed E-state index contributed by atoms with van der Waals surface area (Å²) in [6.07, 6.45) is 5.61. The summed E-state index contributed by atoms with van der Waals surface area (Å²) in [5.41, 5.74) is 4.65. The summed E-state index contributed by atoms with van der Waals surface area (Å²) < 4.78 is 0.